The lowest BCUT2D eigenvalue weighted by molar-refractivity contribution is -0.121. The van der Waals surface area contributed by atoms with Crippen LogP contribution in [-0.4, -0.2) is 30.0 Å². The van der Waals surface area contributed by atoms with Gasteiger partial charge >= 0.3 is 6.03 Å². The maximum absolute atomic E-state index is 12.8. The molecule has 0 saturated heterocycles. The van der Waals surface area contributed by atoms with Gasteiger partial charge in [0.05, 0.1) is 13.7 Å². The molecular formula is C25H30BrN3O3. The van der Waals surface area contributed by atoms with Crippen molar-refractivity contribution in [3.05, 3.63) is 52.6 Å². The van der Waals surface area contributed by atoms with Crippen molar-refractivity contribution in [3.63, 3.8) is 0 Å². The van der Waals surface area contributed by atoms with Crippen molar-refractivity contribution in [3.8, 4) is 5.75 Å². The molecule has 1 fully saturated rings. The fraction of sp³-hybridized carbons (Fsp3) is 0.440. The number of urea groups is 1. The van der Waals surface area contributed by atoms with Crippen LogP contribution in [0.5, 0.6) is 5.75 Å². The second-order valence-corrected chi connectivity index (χ2v) is 9.37. The van der Waals surface area contributed by atoms with Gasteiger partial charge < -0.3 is 20.3 Å². The molecular weight excluding hydrogens is 470 g/mol. The number of methoxy groups -OCH3 is 1. The van der Waals surface area contributed by atoms with Crippen LogP contribution in [-0.2, 0) is 16.7 Å². The highest BCUT2D eigenvalue weighted by Crippen LogP contribution is 2.35. The number of carbonyl (C=O) groups excluding carboxylic acids is 2. The van der Waals surface area contributed by atoms with Crippen LogP contribution in [0.1, 0.15) is 47.9 Å². The topological polar surface area (TPSA) is 70.7 Å². The first-order valence-corrected chi connectivity index (χ1v) is 12.2. The molecule has 1 aliphatic heterocycles. The summed E-state index contributed by atoms with van der Waals surface area (Å²) >= 11 is 3.50. The lowest BCUT2D eigenvalue weighted by Crippen LogP contribution is -2.47. The van der Waals surface area contributed by atoms with Crippen LogP contribution >= 0.6 is 15.9 Å². The lowest BCUT2D eigenvalue weighted by atomic mass is 9.84. The molecule has 0 bridgehead atoms. The van der Waals surface area contributed by atoms with E-state index < -0.39 is 0 Å². The van der Waals surface area contributed by atoms with Gasteiger partial charge in [-0.2, -0.15) is 0 Å². The smallest absolute Gasteiger partial charge is 0.322 e. The number of aryl methyl sites for hydroxylation is 2. The number of hydrogen-bond acceptors (Lipinski definition) is 3. The molecule has 0 unspecified atom stereocenters. The Morgan fingerprint density at radius 2 is 1.91 bits per heavy atom. The third-order valence-corrected chi connectivity index (χ3v) is 7.35. The fourth-order valence-corrected chi connectivity index (χ4v) is 5.13. The molecule has 2 N–H and O–H groups in total. The van der Waals surface area contributed by atoms with Gasteiger partial charge in [-0.25, -0.2) is 4.79 Å². The maximum atomic E-state index is 12.8. The van der Waals surface area contributed by atoms with Gasteiger partial charge in [0.15, 0.2) is 0 Å². The summed E-state index contributed by atoms with van der Waals surface area (Å²) in [6, 6.07) is 10.0. The second-order valence-electron chi connectivity index (χ2n) is 8.81. The lowest BCUT2D eigenvalue weighted by Gasteiger charge is -2.39. The first-order chi connectivity index (χ1) is 15.4. The molecule has 2 aliphatic rings. The van der Waals surface area contributed by atoms with Gasteiger partial charge in [-0.05, 0) is 73.9 Å². The monoisotopic (exact) mass is 499 g/mol. The van der Waals surface area contributed by atoms with Gasteiger partial charge in [0.1, 0.15) is 5.75 Å². The number of fused-ring (bicyclic) bond motifs is 1. The number of hydrogen-bond donors (Lipinski definition) is 2. The van der Waals surface area contributed by atoms with Gasteiger partial charge in [-0.1, -0.05) is 28.1 Å². The van der Waals surface area contributed by atoms with Crippen LogP contribution in [0.2, 0.25) is 0 Å². The summed E-state index contributed by atoms with van der Waals surface area (Å²) in [6.45, 7) is 4.70. The van der Waals surface area contributed by atoms with Crippen LogP contribution in [0.25, 0.3) is 0 Å². The SMILES string of the molecule is COc1cc(NC(=O)C2CCC(N3Cc4c(C)cc(CBr)cc4NC3=O)CC2)ccc1C. The summed E-state index contributed by atoms with van der Waals surface area (Å²) in [4.78, 5) is 27.6. The predicted octanol–water partition coefficient (Wildman–Crippen LogP) is 5.75. The Bertz CT molecular complexity index is 1030. The summed E-state index contributed by atoms with van der Waals surface area (Å²) in [5, 5.41) is 6.88. The standard InChI is InChI=1S/C25H30BrN3O3/c1-15-4-7-19(12-23(15)32-3)27-24(30)18-5-8-20(9-6-18)29-14-21-16(2)10-17(13-26)11-22(21)28-25(29)31/h4,7,10-12,18,20H,5-6,8-9,13-14H2,1-3H3,(H,27,30)(H,28,31). The summed E-state index contributed by atoms with van der Waals surface area (Å²) in [7, 11) is 1.63. The number of carbonyl (C=O) groups is 2. The Morgan fingerprint density at radius 1 is 1.16 bits per heavy atom. The molecule has 1 aliphatic carbocycles. The minimum absolute atomic E-state index is 0.0386. The number of nitrogens with one attached hydrogen (secondary N) is 2. The number of halogens is 1. The largest absolute Gasteiger partial charge is 0.496 e. The van der Waals surface area contributed by atoms with E-state index in [4.69, 9.17) is 4.74 Å². The minimum atomic E-state index is -0.0399. The van der Waals surface area contributed by atoms with E-state index in [9.17, 15) is 9.59 Å². The molecule has 1 heterocycles. The van der Waals surface area contributed by atoms with E-state index in [1.54, 1.807) is 7.11 Å². The van der Waals surface area contributed by atoms with Crippen LogP contribution < -0.4 is 15.4 Å². The molecule has 170 valence electrons. The molecule has 1 saturated carbocycles. The van der Waals surface area contributed by atoms with Crippen molar-refractivity contribution in [2.24, 2.45) is 5.92 Å². The molecule has 0 atom stereocenters. The van der Waals surface area contributed by atoms with Crippen LogP contribution in [0.3, 0.4) is 0 Å². The van der Waals surface area contributed by atoms with E-state index in [0.29, 0.717) is 6.54 Å². The quantitative estimate of drug-likeness (QED) is 0.514. The highest BCUT2D eigenvalue weighted by Gasteiger charge is 2.34. The number of anilines is 2. The first-order valence-electron chi connectivity index (χ1n) is 11.1. The zero-order chi connectivity index (χ0) is 22.8. The van der Waals surface area contributed by atoms with Gasteiger partial charge in [0.25, 0.3) is 0 Å². The molecule has 32 heavy (non-hydrogen) atoms. The van der Waals surface area contributed by atoms with Gasteiger partial charge in [0, 0.05) is 34.7 Å². The van der Waals surface area contributed by atoms with Gasteiger partial charge in [-0.15, -0.1) is 0 Å². The molecule has 7 heteroatoms. The Labute approximate surface area is 197 Å². The number of nitrogens with zero attached hydrogens (tertiary/aromatic N) is 1. The van der Waals surface area contributed by atoms with E-state index in [1.165, 1.54) is 11.1 Å². The average Bonchev–Trinajstić information content (AvgIpc) is 2.79. The van der Waals surface area contributed by atoms with Crippen molar-refractivity contribution in [2.45, 2.75) is 57.4 Å². The van der Waals surface area contributed by atoms with Crippen molar-refractivity contribution < 1.29 is 14.3 Å². The van der Waals surface area contributed by atoms with E-state index in [0.717, 1.165) is 59.3 Å². The van der Waals surface area contributed by atoms with E-state index in [-0.39, 0.29) is 23.9 Å². The number of ether oxygens (including phenoxy) is 1. The maximum Gasteiger partial charge on any atom is 0.322 e. The van der Waals surface area contributed by atoms with Crippen molar-refractivity contribution in [1.29, 1.82) is 0 Å². The van der Waals surface area contributed by atoms with Crippen LogP contribution in [0.4, 0.5) is 16.2 Å². The molecule has 6 nitrogen and oxygen atoms in total. The number of alkyl halides is 1. The van der Waals surface area contributed by atoms with Crippen molar-refractivity contribution >= 4 is 39.2 Å². The predicted molar refractivity (Wildman–Crippen MR) is 130 cm³/mol. The highest BCUT2D eigenvalue weighted by atomic mass is 79.9. The van der Waals surface area contributed by atoms with E-state index in [1.807, 2.05) is 36.1 Å². The zero-order valence-corrected chi connectivity index (χ0v) is 20.4. The number of rotatable bonds is 5. The van der Waals surface area contributed by atoms with Crippen molar-refractivity contribution in [1.82, 2.24) is 4.90 Å². The molecule has 2 aromatic rings. The summed E-state index contributed by atoms with van der Waals surface area (Å²) in [5.74, 6) is 0.768. The Balaban J connectivity index is 1.37. The molecule has 4 rings (SSSR count). The second kappa shape index (κ2) is 9.53. The van der Waals surface area contributed by atoms with E-state index in [2.05, 4.69) is 39.6 Å². The summed E-state index contributed by atoms with van der Waals surface area (Å²) in [6.07, 6.45) is 3.21. The normalized spacial score (nSPS) is 20.4. The van der Waals surface area contributed by atoms with E-state index >= 15 is 0 Å². The Hall–Kier alpha value is -2.54. The first kappa shape index (κ1) is 22.6. The third-order valence-electron chi connectivity index (χ3n) is 6.70. The Morgan fingerprint density at radius 3 is 2.59 bits per heavy atom. The summed E-state index contributed by atoms with van der Waals surface area (Å²) < 4.78 is 5.35. The van der Waals surface area contributed by atoms with Gasteiger partial charge in [0.2, 0.25) is 5.91 Å². The Kier molecular flexibility index (Phi) is 6.74. The van der Waals surface area contributed by atoms with Crippen molar-refractivity contribution in [2.75, 3.05) is 17.7 Å². The van der Waals surface area contributed by atoms with Crippen LogP contribution in [0.15, 0.2) is 30.3 Å². The molecule has 0 radical (unpaired) electrons. The average molecular weight is 500 g/mol. The number of benzene rings is 2. The highest BCUT2D eigenvalue weighted by molar-refractivity contribution is 9.08. The van der Waals surface area contributed by atoms with Crippen LogP contribution in [0, 0.1) is 19.8 Å². The number of amides is 3. The molecule has 0 spiro atoms. The molecule has 3 amide bonds. The zero-order valence-electron chi connectivity index (χ0n) is 18.8. The third kappa shape index (κ3) is 4.63. The summed E-state index contributed by atoms with van der Waals surface area (Å²) in [5.41, 5.74) is 6.25. The fourth-order valence-electron chi connectivity index (χ4n) is 4.81. The van der Waals surface area contributed by atoms with Gasteiger partial charge in [-0.3, -0.25) is 4.79 Å². The minimum Gasteiger partial charge on any atom is -0.496 e. The molecule has 2 aromatic carbocycles. The molecule has 0 aromatic heterocycles.